The Balaban J connectivity index is 1.46. The highest BCUT2D eigenvalue weighted by Gasteiger charge is 2.19. The summed E-state index contributed by atoms with van der Waals surface area (Å²) in [6.45, 7) is 5.63. The third kappa shape index (κ3) is 3.98. The SMILES string of the molecule is C[C@H]1CCCN(C[C@H](O)COc2ccc3c(c2)CCC3)C1. The van der Waals surface area contributed by atoms with Gasteiger partial charge in [0.1, 0.15) is 18.5 Å². The van der Waals surface area contributed by atoms with Crippen molar-refractivity contribution < 1.29 is 9.84 Å². The summed E-state index contributed by atoms with van der Waals surface area (Å²) >= 11 is 0. The Morgan fingerprint density at radius 3 is 3.00 bits per heavy atom. The number of ether oxygens (including phenoxy) is 1. The number of hydrogen-bond acceptors (Lipinski definition) is 3. The number of likely N-dealkylation sites (tertiary alicyclic amines) is 1. The molecule has 3 nitrogen and oxygen atoms in total. The average Bonchev–Trinajstić information content (AvgIpc) is 2.92. The Morgan fingerprint density at radius 1 is 1.29 bits per heavy atom. The van der Waals surface area contributed by atoms with Crippen LogP contribution in [0.2, 0.25) is 0 Å². The molecule has 1 fully saturated rings. The van der Waals surface area contributed by atoms with Crippen LogP contribution in [0.1, 0.15) is 37.3 Å². The summed E-state index contributed by atoms with van der Waals surface area (Å²) in [5, 5.41) is 10.2. The van der Waals surface area contributed by atoms with Crippen molar-refractivity contribution in [2.24, 2.45) is 5.92 Å². The van der Waals surface area contributed by atoms with Crippen molar-refractivity contribution in [3.05, 3.63) is 29.3 Å². The first-order valence-corrected chi connectivity index (χ1v) is 8.36. The van der Waals surface area contributed by atoms with Gasteiger partial charge in [-0.05, 0) is 67.8 Å². The minimum atomic E-state index is -0.399. The average molecular weight is 289 g/mol. The molecule has 0 aromatic heterocycles. The fourth-order valence-electron chi connectivity index (χ4n) is 3.63. The van der Waals surface area contributed by atoms with E-state index in [4.69, 9.17) is 4.74 Å². The second kappa shape index (κ2) is 6.80. The molecule has 2 atom stereocenters. The van der Waals surface area contributed by atoms with Gasteiger partial charge in [-0.2, -0.15) is 0 Å². The molecule has 0 saturated carbocycles. The third-order valence-corrected chi connectivity index (χ3v) is 4.72. The number of rotatable bonds is 5. The van der Waals surface area contributed by atoms with Crippen LogP contribution in [0.3, 0.4) is 0 Å². The van der Waals surface area contributed by atoms with Gasteiger partial charge in [0.25, 0.3) is 0 Å². The van der Waals surface area contributed by atoms with Crippen LogP contribution in [-0.4, -0.2) is 42.4 Å². The van der Waals surface area contributed by atoms with Crippen LogP contribution in [-0.2, 0) is 12.8 Å². The fraction of sp³-hybridized carbons (Fsp3) is 0.667. The van der Waals surface area contributed by atoms with Gasteiger partial charge >= 0.3 is 0 Å². The highest BCUT2D eigenvalue weighted by Crippen LogP contribution is 2.26. The second-order valence-corrected chi connectivity index (χ2v) is 6.76. The van der Waals surface area contributed by atoms with Crippen molar-refractivity contribution in [1.82, 2.24) is 4.90 Å². The number of fused-ring (bicyclic) bond motifs is 1. The van der Waals surface area contributed by atoms with Crippen LogP contribution < -0.4 is 4.74 Å². The molecule has 3 heteroatoms. The Kier molecular flexibility index (Phi) is 4.81. The Hall–Kier alpha value is -1.06. The Labute approximate surface area is 127 Å². The zero-order valence-electron chi connectivity index (χ0n) is 13.1. The van der Waals surface area contributed by atoms with Crippen LogP contribution in [0.4, 0.5) is 0 Å². The van der Waals surface area contributed by atoms with Crippen molar-refractivity contribution in [3.63, 3.8) is 0 Å². The number of nitrogens with zero attached hydrogens (tertiary/aromatic N) is 1. The molecule has 1 saturated heterocycles. The van der Waals surface area contributed by atoms with E-state index in [1.54, 1.807) is 0 Å². The van der Waals surface area contributed by atoms with E-state index in [9.17, 15) is 5.11 Å². The van der Waals surface area contributed by atoms with Crippen LogP contribution in [0.5, 0.6) is 5.75 Å². The monoisotopic (exact) mass is 289 g/mol. The molecule has 0 radical (unpaired) electrons. The second-order valence-electron chi connectivity index (χ2n) is 6.76. The van der Waals surface area contributed by atoms with E-state index in [1.807, 2.05) is 6.07 Å². The molecule has 0 bridgehead atoms. The largest absolute Gasteiger partial charge is 0.491 e. The normalized spacial score (nSPS) is 23.8. The fourth-order valence-corrected chi connectivity index (χ4v) is 3.63. The van der Waals surface area contributed by atoms with Gasteiger partial charge in [-0.25, -0.2) is 0 Å². The Bertz CT molecular complexity index is 474. The molecule has 1 aromatic rings. The molecule has 0 spiro atoms. The Morgan fingerprint density at radius 2 is 2.14 bits per heavy atom. The number of aliphatic hydroxyl groups excluding tert-OH is 1. The third-order valence-electron chi connectivity index (χ3n) is 4.72. The van der Waals surface area contributed by atoms with E-state index >= 15 is 0 Å². The maximum absolute atomic E-state index is 10.2. The van der Waals surface area contributed by atoms with Crippen molar-refractivity contribution in [2.45, 2.75) is 45.1 Å². The van der Waals surface area contributed by atoms with E-state index in [0.29, 0.717) is 6.61 Å². The maximum Gasteiger partial charge on any atom is 0.119 e. The molecular weight excluding hydrogens is 262 g/mol. The van der Waals surface area contributed by atoms with Crippen molar-refractivity contribution in [3.8, 4) is 5.75 Å². The van der Waals surface area contributed by atoms with Crippen LogP contribution >= 0.6 is 0 Å². The summed E-state index contributed by atoms with van der Waals surface area (Å²) in [6.07, 6.45) is 5.79. The molecule has 116 valence electrons. The van der Waals surface area contributed by atoms with Gasteiger partial charge in [-0.15, -0.1) is 0 Å². The number of aryl methyl sites for hydroxylation is 2. The van der Waals surface area contributed by atoms with Crippen molar-refractivity contribution >= 4 is 0 Å². The summed E-state index contributed by atoms with van der Waals surface area (Å²) in [5.41, 5.74) is 2.89. The van der Waals surface area contributed by atoms with Crippen molar-refractivity contribution in [2.75, 3.05) is 26.2 Å². The van der Waals surface area contributed by atoms with E-state index in [1.165, 1.54) is 43.2 Å². The molecule has 0 unspecified atom stereocenters. The molecule has 1 aromatic carbocycles. The quantitative estimate of drug-likeness (QED) is 0.904. The zero-order valence-corrected chi connectivity index (χ0v) is 13.1. The first kappa shape index (κ1) is 14.9. The summed E-state index contributed by atoms with van der Waals surface area (Å²) in [6, 6.07) is 6.37. The van der Waals surface area contributed by atoms with Gasteiger partial charge in [0.2, 0.25) is 0 Å². The van der Waals surface area contributed by atoms with Gasteiger partial charge in [-0.1, -0.05) is 13.0 Å². The summed E-state index contributed by atoms with van der Waals surface area (Å²) < 4.78 is 5.78. The molecular formula is C18H27NO2. The standard InChI is InChI=1S/C18H27NO2/c1-14-4-3-9-19(11-14)12-17(20)13-21-18-8-7-15-5-2-6-16(15)10-18/h7-8,10,14,17,20H,2-6,9,11-13H2,1H3/t14-,17-/m0/s1. The summed E-state index contributed by atoms with van der Waals surface area (Å²) in [7, 11) is 0. The molecule has 1 aliphatic carbocycles. The maximum atomic E-state index is 10.2. The first-order valence-electron chi connectivity index (χ1n) is 8.36. The minimum absolute atomic E-state index is 0.393. The lowest BCUT2D eigenvalue weighted by Crippen LogP contribution is -2.41. The lowest BCUT2D eigenvalue weighted by molar-refractivity contribution is 0.0537. The molecule has 2 aliphatic rings. The lowest BCUT2D eigenvalue weighted by atomic mass is 10.0. The minimum Gasteiger partial charge on any atom is -0.491 e. The molecule has 3 rings (SSSR count). The highest BCUT2D eigenvalue weighted by atomic mass is 16.5. The molecule has 1 N–H and O–H groups in total. The number of aliphatic hydroxyl groups is 1. The van der Waals surface area contributed by atoms with Crippen LogP contribution in [0, 0.1) is 5.92 Å². The van der Waals surface area contributed by atoms with Gasteiger partial charge in [-0.3, -0.25) is 0 Å². The predicted octanol–water partition coefficient (Wildman–Crippen LogP) is 2.65. The lowest BCUT2D eigenvalue weighted by Gasteiger charge is -2.32. The summed E-state index contributed by atoms with van der Waals surface area (Å²) in [4.78, 5) is 2.37. The van der Waals surface area contributed by atoms with E-state index in [-0.39, 0.29) is 0 Å². The van der Waals surface area contributed by atoms with E-state index < -0.39 is 6.10 Å². The molecule has 1 heterocycles. The predicted molar refractivity (Wildman–Crippen MR) is 84.8 cm³/mol. The van der Waals surface area contributed by atoms with E-state index in [0.717, 1.165) is 31.3 Å². The first-order chi connectivity index (χ1) is 10.2. The number of β-amino-alcohol motifs (C(OH)–C–C–N with tert-alkyl or cyclic N) is 1. The van der Waals surface area contributed by atoms with Crippen LogP contribution in [0.15, 0.2) is 18.2 Å². The number of piperidine rings is 1. The van der Waals surface area contributed by atoms with Gasteiger partial charge < -0.3 is 14.7 Å². The number of hydrogen-bond donors (Lipinski definition) is 1. The topological polar surface area (TPSA) is 32.7 Å². The highest BCUT2D eigenvalue weighted by molar-refractivity contribution is 5.38. The molecule has 21 heavy (non-hydrogen) atoms. The van der Waals surface area contributed by atoms with Gasteiger partial charge in [0.15, 0.2) is 0 Å². The van der Waals surface area contributed by atoms with Gasteiger partial charge in [0, 0.05) is 13.1 Å². The van der Waals surface area contributed by atoms with E-state index in [2.05, 4.69) is 24.0 Å². The van der Waals surface area contributed by atoms with Crippen molar-refractivity contribution in [1.29, 1.82) is 0 Å². The molecule has 0 amide bonds. The zero-order chi connectivity index (χ0) is 14.7. The summed E-state index contributed by atoms with van der Waals surface area (Å²) in [5.74, 6) is 1.66. The smallest absolute Gasteiger partial charge is 0.119 e. The van der Waals surface area contributed by atoms with Crippen LogP contribution in [0.25, 0.3) is 0 Å². The number of benzene rings is 1. The molecule has 1 aliphatic heterocycles. The van der Waals surface area contributed by atoms with Gasteiger partial charge in [0.05, 0.1) is 0 Å².